The Labute approximate surface area is 158 Å². The van der Waals surface area contributed by atoms with Crippen LogP contribution in [0.5, 0.6) is 0 Å². The zero-order valence-corrected chi connectivity index (χ0v) is 15.6. The lowest BCUT2D eigenvalue weighted by molar-refractivity contribution is -0.117. The van der Waals surface area contributed by atoms with Crippen LogP contribution in [0.15, 0.2) is 35.9 Å². The predicted molar refractivity (Wildman–Crippen MR) is 101 cm³/mol. The molecule has 0 atom stereocenters. The number of nitrogens with one attached hydrogen (secondary N) is 1. The molecule has 136 valence electrons. The maximum absolute atomic E-state index is 12.2. The number of nitrogens with zero attached hydrogens (tertiary/aromatic N) is 3. The van der Waals surface area contributed by atoms with Crippen molar-refractivity contribution >= 4 is 23.6 Å². The summed E-state index contributed by atoms with van der Waals surface area (Å²) in [5.74, 6) is -0.438. The van der Waals surface area contributed by atoms with Crippen molar-refractivity contribution < 1.29 is 9.53 Å². The first-order valence-corrected chi connectivity index (χ1v) is 8.74. The van der Waals surface area contributed by atoms with E-state index in [9.17, 15) is 10.1 Å². The van der Waals surface area contributed by atoms with E-state index in [4.69, 9.17) is 16.3 Å². The summed E-state index contributed by atoms with van der Waals surface area (Å²) in [6.07, 6.45) is 2.16. The molecule has 1 heterocycles. The van der Waals surface area contributed by atoms with Gasteiger partial charge >= 0.3 is 0 Å². The van der Waals surface area contributed by atoms with Crippen LogP contribution in [-0.2, 0) is 9.53 Å². The number of rotatable bonds is 8. The molecular formula is C19H21ClN4O2. The van der Waals surface area contributed by atoms with Gasteiger partial charge in [-0.2, -0.15) is 10.4 Å². The van der Waals surface area contributed by atoms with Crippen LogP contribution in [0.3, 0.4) is 0 Å². The van der Waals surface area contributed by atoms with Gasteiger partial charge in [0.2, 0.25) is 0 Å². The minimum absolute atomic E-state index is 0.0148. The van der Waals surface area contributed by atoms with E-state index in [1.165, 1.54) is 6.08 Å². The largest absolute Gasteiger partial charge is 0.382 e. The molecule has 7 heteroatoms. The Bertz CT molecular complexity index is 822. The molecule has 2 aromatic rings. The average Bonchev–Trinajstić information content (AvgIpc) is 2.94. The monoisotopic (exact) mass is 372 g/mol. The zero-order valence-electron chi connectivity index (χ0n) is 14.8. The van der Waals surface area contributed by atoms with Crippen LogP contribution in [0.25, 0.3) is 11.8 Å². The molecule has 0 aliphatic rings. The van der Waals surface area contributed by atoms with Crippen LogP contribution in [0.4, 0.5) is 0 Å². The molecule has 1 amide bonds. The Morgan fingerprint density at radius 1 is 1.42 bits per heavy atom. The van der Waals surface area contributed by atoms with Gasteiger partial charge in [0.25, 0.3) is 5.91 Å². The van der Waals surface area contributed by atoms with Crippen molar-refractivity contribution in [2.24, 2.45) is 0 Å². The topological polar surface area (TPSA) is 79.9 Å². The number of benzene rings is 1. The molecule has 6 nitrogen and oxygen atoms in total. The van der Waals surface area contributed by atoms with E-state index in [0.29, 0.717) is 42.6 Å². The second-order valence-corrected chi connectivity index (χ2v) is 5.87. The second kappa shape index (κ2) is 9.76. The van der Waals surface area contributed by atoms with Crippen LogP contribution in [0, 0.1) is 18.3 Å². The second-order valence-electron chi connectivity index (χ2n) is 5.51. The third-order valence-electron chi connectivity index (χ3n) is 3.66. The summed E-state index contributed by atoms with van der Waals surface area (Å²) in [6, 6.07) is 11.4. The van der Waals surface area contributed by atoms with Crippen LogP contribution in [0.2, 0.25) is 5.15 Å². The standard InChI is InChI=1S/C19H21ClN4O2/c1-3-26-11-7-10-22-19(25)15(13-21)12-17-14(2)23-24(18(17)20)16-8-5-4-6-9-16/h4-6,8-9,12H,3,7,10-11H2,1-2H3,(H,22,25)/b15-12+. The minimum Gasteiger partial charge on any atom is -0.382 e. The Kier molecular flexibility index (Phi) is 7.39. The fourth-order valence-corrected chi connectivity index (χ4v) is 2.65. The minimum atomic E-state index is -0.438. The number of aromatic nitrogens is 2. The van der Waals surface area contributed by atoms with Gasteiger partial charge in [0.15, 0.2) is 0 Å². The molecule has 0 radical (unpaired) electrons. The molecule has 1 aromatic carbocycles. The van der Waals surface area contributed by atoms with E-state index in [1.807, 2.05) is 43.3 Å². The fraction of sp³-hybridized carbons (Fsp3) is 0.316. The van der Waals surface area contributed by atoms with Crippen molar-refractivity contribution in [1.29, 1.82) is 5.26 Å². The van der Waals surface area contributed by atoms with Crippen LogP contribution in [0.1, 0.15) is 24.6 Å². The Morgan fingerprint density at radius 2 is 2.15 bits per heavy atom. The number of carbonyl (C=O) groups excluding carboxylic acids is 1. The lowest BCUT2D eigenvalue weighted by Gasteiger charge is -2.05. The highest BCUT2D eigenvalue weighted by Gasteiger charge is 2.16. The van der Waals surface area contributed by atoms with Gasteiger partial charge < -0.3 is 10.1 Å². The van der Waals surface area contributed by atoms with E-state index in [-0.39, 0.29) is 5.57 Å². The third kappa shape index (κ3) is 4.94. The summed E-state index contributed by atoms with van der Waals surface area (Å²) in [4.78, 5) is 12.2. The molecule has 0 spiro atoms. The molecule has 0 aliphatic heterocycles. The van der Waals surface area contributed by atoms with Gasteiger partial charge in [-0.15, -0.1) is 0 Å². The molecule has 26 heavy (non-hydrogen) atoms. The lowest BCUT2D eigenvalue weighted by atomic mass is 10.1. The van der Waals surface area contributed by atoms with E-state index < -0.39 is 5.91 Å². The number of para-hydroxylation sites is 1. The molecule has 1 N–H and O–H groups in total. The van der Waals surface area contributed by atoms with Gasteiger partial charge in [-0.25, -0.2) is 4.68 Å². The predicted octanol–water partition coefficient (Wildman–Crippen LogP) is 3.28. The summed E-state index contributed by atoms with van der Waals surface area (Å²) in [7, 11) is 0. The highest BCUT2D eigenvalue weighted by atomic mass is 35.5. The number of hydrogen-bond acceptors (Lipinski definition) is 4. The lowest BCUT2D eigenvalue weighted by Crippen LogP contribution is -2.26. The van der Waals surface area contributed by atoms with E-state index in [1.54, 1.807) is 11.6 Å². The van der Waals surface area contributed by atoms with Crippen molar-refractivity contribution in [3.8, 4) is 11.8 Å². The summed E-state index contributed by atoms with van der Waals surface area (Å²) >= 11 is 6.43. The summed E-state index contributed by atoms with van der Waals surface area (Å²) < 4.78 is 6.80. The van der Waals surface area contributed by atoms with Crippen LogP contribution < -0.4 is 5.32 Å². The van der Waals surface area contributed by atoms with Crippen molar-refractivity contribution in [2.45, 2.75) is 20.3 Å². The molecule has 0 aliphatic carbocycles. The van der Waals surface area contributed by atoms with Gasteiger partial charge in [-0.1, -0.05) is 29.8 Å². The molecule has 0 unspecified atom stereocenters. The molecule has 0 saturated carbocycles. The maximum atomic E-state index is 12.2. The van der Waals surface area contributed by atoms with Crippen LogP contribution >= 0.6 is 11.6 Å². The van der Waals surface area contributed by atoms with Gasteiger partial charge in [-0.3, -0.25) is 4.79 Å². The van der Waals surface area contributed by atoms with Crippen molar-refractivity contribution in [2.75, 3.05) is 19.8 Å². The first-order chi connectivity index (χ1) is 12.6. The van der Waals surface area contributed by atoms with Crippen molar-refractivity contribution in [3.63, 3.8) is 0 Å². The van der Waals surface area contributed by atoms with Crippen LogP contribution in [-0.4, -0.2) is 35.4 Å². The van der Waals surface area contributed by atoms with Crippen molar-refractivity contribution in [3.05, 3.63) is 52.3 Å². The number of nitriles is 1. The average molecular weight is 373 g/mol. The Morgan fingerprint density at radius 3 is 2.81 bits per heavy atom. The first-order valence-electron chi connectivity index (χ1n) is 8.36. The molecule has 0 saturated heterocycles. The highest BCUT2D eigenvalue weighted by molar-refractivity contribution is 6.31. The maximum Gasteiger partial charge on any atom is 0.261 e. The van der Waals surface area contributed by atoms with Gasteiger partial charge in [0.1, 0.15) is 16.8 Å². The number of aryl methyl sites for hydroxylation is 1. The Hall–Kier alpha value is -2.62. The van der Waals surface area contributed by atoms with E-state index >= 15 is 0 Å². The molecule has 1 aromatic heterocycles. The summed E-state index contributed by atoms with van der Waals surface area (Å²) in [5.41, 5.74) is 1.98. The number of amides is 1. The number of hydrogen-bond donors (Lipinski definition) is 1. The number of halogens is 1. The number of carbonyl (C=O) groups is 1. The number of ether oxygens (including phenoxy) is 1. The van der Waals surface area contributed by atoms with Gasteiger partial charge in [0, 0.05) is 25.3 Å². The van der Waals surface area contributed by atoms with E-state index in [0.717, 1.165) is 5.69 Å². The quantitative estimate of drug-likeness (QED) is 0.438. The van der Waals surface area contributed by atoms with Gasteiger partial charge in [-0.05, 0) is 38.5 Å². The van der Waals surface area contributed by atoms with Crippen molar-refractivity contribution in [1.82, 2.24) is 15.1 Å². The Balaban J connectivity index is 2.17. The summed E-state index contributed by atoms with van der Waals surface area (Å²) in [6.45, 7) is 5.34. The first kappa shape index (κ1) is 19.7. The molecular weight excluding hydrogens is 352 g/mol. The SMILES string of the molecule is CCOCCCNC(=O)/C(C#N)=C/c1c(C)nn(-c2ccccc2)c1Cl. The molecule has 2 rings (SSSR count). The molecule has 0 bridgehead atoms. The normalized spacial score (nSPS) is 11.2. The third-order valence-corrected chi connectivity index (χ3v) is 4.02. The smallest absolute Gasteiger partial charge is 0.261 e. The fourth-order valence-electron chi connectivity index (χ4n) is 2.32. The van der Waals surface area contributed by atoms with Gasteiger partial charge in [0.05, 0.1) is 11.4 Å². The van der Waals surface area contributed by atoms with E-state index in [2.05, 4.69) is 10.4 Å². The molecule has 0 fully saturated rings. The summed E-state index contributed by atoms with van der Waals surface area (Å²) in [5, 5.41) is 16.8. The highest BCUT2D eigenvalue weighted by Crippen LogP contribution is 2.25. The zero-order chi connectivity index (χ0) is 18.9.